The molecule has 3 fully saturated rings. The predicted molar refractivity (Wildman–Crippen MR) is 153 cm³/mol. The highest BCUT2D eigenvalue weighted by atomic mass is 127. The summed E-state index contributed by atoms with van der Waals surface area (Å²) in [7, 11) is 0. The number of nitrogens with two attached hydrogens (primary N) is 1. The molecule has 3 aliphatic heterocycles. The normalized spacial score (nSPS) is 22.6. The summed E-state index contributed by atoms with van der Waals surface area (Å²) in [5.74, 6) is -0.0255. The number of nitrogens with one attached hydrogen (secondary N) is 1. The maximum atomic E-state index is 14.0. The Balaban J connectivity index is 1.31. The minimum Gasteiger partial charge on any atom is -0.382 e. The van der Waals surface area contributed by atoms with Crippen molar-refractivity contribution in [2.75, 3.05) is 66.8 Å². The molecule has 2 bridgehead atoms. The zero-order chi connectivity index (χ0) is 28.7. The molecule has 0 radical (unpaired) electrons. The molecule has 216 valence electrons. The van der Waals surface area contributed by atoms with Gasteiger partial charge in [0.25, 0.3) is 5.91 Å². The number of anilines is 4. The molecule has 0 aliphatic carbocycles. The number of hydrogen-bond acceptors (Lipinski definition) is 10. The number of morpholine rings is 1. The highest BCUT2D eigenvalue weighted by Crippen LogP contribution is 2.38. The van der Waals surface area contributed by atoms with Gasteiger partial charge in [-0.1, -0.05) is 22.6 Å². The number of ether oxygens (including phenoxy) is 2. The van der Waals surface area contributed by atoms with Gasteiger partial charge in [0.15, 0.2) is 17.3 Å². The lowest BCUT2D eigenvalue weighted by Crippen LogP contribution is -2.46. The molecule has 3 atom stereocenters. The topological polar surface area (TPSA) is 132 Å². The van der Waals surface area contributed by atoms with Gasteiger partial charge in [0.05, 0.1) is 43.4 Å². The van der Waals surface area contributed by atoms with Crippen molar-refractivity contribution in [3.05, 3.63) is 47.9 Å². The maximum Gasteiger partial charge on any atom is 0.418 e. The van der Waals surface area contributed by atoms with E-state index >= 15 is 0 Å². The molecule has 11 nitrogen and oxygen atoms in total. The summed E-state index contributed by atoms with van der Waals surface area (Å²) in [5, 5.41) is 2.73. The van der Waals surface area contributed by atoms with Crippen LogP contribution in [0.1, 0.15) is 16.1 Å². The SMILES string of the molecule is Nc1ncc(-c2nc(N3CCOCC3)ccc2C(F)(F)F)nc1C(=O)Nc1ncccc1N1C[C@@H]2CO[C@H](C1)C2I. The Morgan fingerprint density at radius 1 is 1.10 bits per heavy atom. The summed E-state index contributed by atoms with van der Waals surface area (Å²) in [6, 6.07) is 5.89. The van der Waals surface area contributed by atoms with Crippen LogP contribution in [-0.2, 0) is 15.7 Å². The molecule has 3 aromatic rings. The highest BCUT2D eigenvalue weighted by Gasteiger charge is 2.42. The number of pyridine rings is 2. The summed E-state index contributed by atoms with van der Waals surface area (Å²) in [5.41, 5.74) is 4.68. The molecule has 3 aliphatic rings. The lowest BCUT2D eigenvalue weighted by molar-refractivity contribution is -0.137. The zero-order valence-electron chi connectivity index (χ0n) is 21.6. The van der Waals surface area contributed by atoms with E-state index in [0.717, 1.165) is 18.8 Å². The molecular weight excluding hydrogens is 656 g/mol. The number of hydrogen-bond donors (Lipinski definition) is 2. The zero-order valence-corrected chi connectivity index (χ0v) is 23.8. The first kappa shape index (κ1) is 27.8. The van der Waals surface area contributed by atoms with Crippen molar-refractivity contribution in [1.82, 2.24) is 19.9 Å². The fourth-order valence-electron chi connectivity index (χ4n) is 5.25. The van der Waals surface area contributed by atoms with Crippen LogP contribution in [0, 0.1) is 5.92 Å². The van der Waals surface area contributed by atoms with Gasteiger partial charge in [-0.05, 0) is 24.3 Å². The van der Waals surface area contributed by atoms with Gasteiger partial charge < -0.3 is 30.3 Å². The van der Waals surface area contributed by atoms with Crippen LogP contribution in [0.25, 0.3) is 11.4 Å². The third kappa shape index (κ3) is 5.61. The van der Waals surface area contributed by atoms with Crippen molar-refractivity contribution in [2.45, 2.75) is 16.2 Å². The van der Waals surface area contributed by atoms with Crippen molar-refractivity contribution in [3.8, 4) is 11.4 Å². The first-order valence-electron chi connectivity index (χ1n) is 13.0. The summed E-state index contributed by atoms with van der Waals surface area (Å²) < 4.78 is 53.6. The number of aromatic nitrogens is 4. The van der Waals surface area contributed by atoms with Crippen LogP contribution >= 0.6 is 22.6 Å². The van der Waals surface area contributed by atoms with Crippen molar-refractivity contribution in [2.24, 2.45) is 5.92 Å². The van der Waals surface area contributed by atoms with Crippen LogP contribution in [0.4, 0.5) is 36.3 Å². The minimum atomic E-state index is -4.71. The third-order valence-corrected chi connectivity index (χ3v) is 9.14. The quantitative estimate of drug-likeness (QED) is 0.306. The van der Waals surface area contributed by atoms with E-state index in [0.29, 0.717) is 60.8 Å². The van der Waals surface area contributed by atoms with Gasteiger partial charge in [-0.25, -0.2) is 19.9 Å². The van der Waals surface area contributed by atoms with E-state index in [1.54, 1.807) is 6.07 Å². The number of carbonyl (C=O) groups excluding carboxylic acids is 1. The molecule has 3 aromatic heterocycles. The number of carbonyl (C=O) groups is 1. The number of rotatable bonds is 5. The monoisotopic (exact) mass is 682 g/mol. The Labute approximate surface area is 246 Å². The Kier molecular flexibility index (Phi) is 7.58. The van der Waals surface area contributed by atoms with Gasteiger partial charge in [-0.15, -0.1) is 0 Å². The summed E-state index contributed by atoms with van der Waals surface area (Å²) >= 11 is 2.42. The van der Waals surface area contributed by atoms with E-state index in [1.165, 1.54) is 12.3 Å². The van der Waals surface area contributed by atoms with E-state index in [-0.39, 0.29) is 29.1 Å². The van der Waals surface area contributed by atoms with E-state index in [2.05, 4.69) is 52.7 Å². The number of nitrogens with zero attached hydrogens (tertiary/aromatic N) is 6. The van der Waals surface area contributed by atoms with Crippen LogP contribution in [0.5, 0.6) is 0 Å². The Hall–Kier alpha value is -3.31. The third-order valence-electron chi connectivity index (χ3n) is 7.32. The van der Waals surface area contributed by atoms with Gasteiger partial charge in [-0.3, -0.25) is 4.79 Å². The van der Waals surface area contributed by atoms with Crippen molar-refractivity contribution in [1.29, 1.82) is 0 Å². The molecule has 1 amide bonds. The van der Waals surface area contributed by atoms with Crippen molar-refractivity contribution in [3.63, 3.8) is 0 Å². The van der Waals surface area contributed by atoms with Gasteiger partial charge in [0, 0.05) is 42.2 Å². The van der Waals surface area contributed by atoms with Gasteiger partial charge in [0.1, 0.15) is 17.2 Å². The van der Waals surface area contributed by atoms with Gasteiger partial charge in [-0.2, -0.15) is 13.2 Å². The van der Waals surface area contributed by atoms with E-state index in [9.17, 15) is 18.0 Å². The highest BCUT2D eigenvalue weighted by molar-refractivity contribution is 14.1. The molecule has 3 N–H and O–H groups in total. The van der Waals surface area contributed by atoms with E-state index in [4.69, 9.17) is 15.2 Å². The standard InChI is InChI=1S/C26H26F3IN8O3/c27-26(28,29)15-3-4-19(37-6-8-40-9-7-37)35-21(15)16-10-33-23(31)22(34-16)25(39)36-24-17(2-1-5-32-24)38-11-14-13-41-18(12-38)20(14)30/h1-5,10,14,18,20H,6-9,11-13H2,(H2,31,33)(H,32,36,39)/t14-,18-,20?/m1/s1. The number of alkyl halides is 4. The molecule has 0 spiro atoms. The molecule has 1 unspecified atom stereocenters. The number of fused-ring (bicyclic) bond motifs is 2. The number of amides is 1. The van der Waals surface area contributed by atoms with Crippen LogP contribution in [0.3, 0.4) is 0 Å². The molecule has 6 heterocycles. The second kappa shape index (κ2) is 11.2. The number of nitrogen functional groups attached to an aromatic ring is 1. The smallest absolute Gasteiger partial charge is 0.382 e. The second-order valence-electron chi connectivity index (χ2n) is 9.96. The number of piperidine rings is 1. The molecule has 0 saturated carbocycles. The van der Waals surface area contributed by atoms with Crippen LogP contribution < -0.4 is 20.9 Å². The molecule has 15 heteroatoms. The van der Waals surface area contributed by atoms with Crippen molar-refractivity contribution < 1.29 is 27.4 Å². The first-order valence-corrected chi connectivity index (χ1v) is 14.2. The maximum absolute atomic E-state index is 14.0. The summed E-state index contributed by atoms with van der Waals surface area (Å²) in [6.07, 6.45) is -2.02. The fraction of sp³-hybridized carbons (Fsp3) is 0.423. The lowest BCUT2D eigenvalue weighted by Gasteiger charge is -2.35. The Morgan fingerprint density at radius 3 is 2.66 bits per heavy atom. The minimum absolute atomic E-state index is 0.0693. The second-order valence-corrected chi connectivity index (χ2v) is 11.4. The van der Waals surface area contributed by atoms with Crippen molar-refractivity contribution >= 4 is 51.6 Å². The van der Waals surface area contributed by atoms with Gasteiger partial charge >= 0.3 is 6.18 Å². The summed E-state index contributed by atoms with van der Waals surface area (Å²) in [6.45, 7) is 3.88. The number of halogens is 4. The average molecular weight is 682 g/mol. The van der Waals surface area contributed by atoms with E-state index < -0.39 is 23.3 Å². The Bertz CT molecular complexity index is 1440. The predicted octanol–water partition coefficient (Wildman–Crippen LogP) is 3.26. The molecule has 3 saturated heterocycles. The van der Waals surface area contributed by atoms with E-state index in [1.807, 2.05) is 11.0 Å². The largest absolute Gasteiger partial charge is 0.418 e. The van der Waals surface area contributed by atoms with Crippen LogP contribution in [0.15, 0.2) is 36.7 Å². The van der Waals surface area contributed by atoms with Crippen LogP contribution in [-0.4, -0.2) is 81.9 Å². The fourth-order valence-corrected chi connectivity index (χ4v) is 6.12. The summed E-state index contributed by atoms with van der Waals surface area (Å²) in [4.78, 5) is 34.2. The average Bonchev–Trinajstić information content (AvgIpc) is 3.16. The lowest BCUT2D eigenvalue weighted by atomic mass is 9.99. The molecule has 0 aromatic carbocycles. The van der Waals surface area contributed by atoms with Crippen LogP contribution in [0.2, 0.25) is 0 Å². The molecular formula is C26H26F3IN8O3. The molecule has 41 heavy (non-hydrogen) atoms. The Morgan fingerprint density at radius 2 is 1.90 bits per heavy atom. The van der Waals surface area contributed by atoms with Gasteiger partial charge in [0.2, 0.25) is 0 Å². The molecule has 6 rings (SSSR count). The first-order chi connectivity index (χ1) is 19.7.